The number of amides is 1. The van der Waals surface area contributed by atoms with E-state index in [2.05, 4.69) is 22.5 Å². The van der Waals surface area contributed by atoms with E-state index in [1.165, 1.54) is 0 Å². The van der Waals surface area contributed by atoms with Crippen LogP contribution in [0.2, 0.25) is 0 Å². The molecule has 1 aromatic heterocycles. The minimum atomic E-state index is 0.0843. The number of hydrogen-bond donors (Lipinski definition) is 1. The lowest BCUT2D eigenvalue weighted by Gasteiger charge is -2.09. The van der Waals surface area contributed by atoms with Crippen molar-refractivity contribution in [1.29, 1.82) is 0 Å². The quantitative estimate of drug-likeness (QED) is 0.853. The summed E-state index contributed by atoms with van der Waals surface area (Å²) in [4.78, 5) is 17.4. The van der Waals surface area contributed by atoms with Crippen LogP contribution in [-0.2, 0) is 11.8 Å². The van der Waals surface area contributed by atoms with E-state index < -0.39 is 0 Å². The second kappa shape index (κ2) is 6.83. The molecule has 1 aliphatic carbocycles. The topological polar surface area (TPSA) is 46.9 Å². The predicted octanol–water partition coefficient (Wildman–Crippen LogP) is 3.87. The van der Waals surface area contributed by atoms with E-state index >= 15 is 0 Å². The molecule has 1 N–H and O–H groups in total. The zero-order valence-electron chi connectivity index (χ0n) is 12.5. The minimum Gasteiger partial charge on any atom is -0.329 e. The number of imidazole rings is 1. The summed E-state index contributed by atoms with van der Waals surface area (Å²) in [6, 6.07) is 7.89. The zero-order valence-corrected chi connectivity index (χ0v) is 13.3. The lowest BCUT2D eigenvalue weighted by molar-refractivity contribution is -0.116. The number of aromatic nitrogens is 2. The first kappa shape index (κ1) is 14.9. The van der Waals surface area contributed by atoms with Crippen LogP contribution in [0.25, 0.3) is 0 Å². The van der Waals surface area contributed by atoms with Crippen LogP contribution < -0.4 is 5.32 Å². The van der Waals surface area contributed by atoms with E-state index in [0.717, 1.165) is 28.6 Å². The highest BCUT2D eigenvalue weighted by Gasteiger charge is 2.14. The van der Waals surface area contributed by atoms with Gasteiger partial charge in [-0.25, -0.2) is 4.98 Å². The van der Waals surface area contributed by atoms with E-state index in [0.29, 0.717) is 12.3 Å². The second-order valence-electron chi connectivity index (χ2n) is 5.47. The van der Waals surface area contributed by atoms with Crippen LogP contribution in [0.4, 0.5) is 5.69 Å². The number of anilines is 1. The molecule has 1 heterocycles. The summed E-state index contributed by atoms with van der Waals surface area (Å²) in [5.74, 6) is 0.485. The number of carbonyl (C=O) groups is 1. The Hall–Kier alpha value is -2.01. The molecular formula is C17H19N3OS. The fourth-order valence-corrected chi connectivity index (χ4v) is 3.28. The molecule has 0 spiro atoms. The molecule has 1 aliphatic rings. The molecule has 0 unspecified atom stereocenters. The Bertz CT molecular complexity index is 675. The van der Waals surface area contributed by atoms with E-state index in [1.807, 2.05) is 42.1 Å². The van der Waals surface area contributed by atoms with Crippen LogP contribution >= 0.6 is 11.8 Å². The third-order valence-electron chi connectivity index (χ3n) is 3.68. The number of allylic oxidation sites excluding steroid dienone is 2. The van der Waals surface area contributed by atoms with E-state index in [9.17, 15) is 4.79 Å². The van der Waals surface area contributed by atoms with Gasteiger partial charge in [-0.1, -0.05) is 23.9 Å². The van der Waals surface area contributed by atoms with Crippen molar-refractivity contribution in [3.63, 3.8) is 0 Å². The number of aryl methyl sites for hydroxylation is 1. The molecule has 0 radical (unpaired) electrons. The molecule has 0 bridgehead atoms. The van der Waals surface area contributed by atoms with Gasteiger partial charge in [-0.2, -0.15) is 0 Å². The van der Waals surface area contributed by atoms with Crippen molar-refractivity contribution in [1.82, 2.24) is 9.55 Å². The first-order chi connectivity index (χ1) is 10.7. The number of nitrogens with one attached hydrogen (secondary N) is 1. The number of rotatable bonds is 5. The molecule has 1 aromatic carbocycles. The van der Waals surface area contributed by atoms with Crippen LogP contribution in [-0.4, -0.2) is 15.5 Å². The van der Waals surface area contributed by atoms with Crippen LogP contribution in [0.5, 0.6) is 0 Å². The lowest BCUT2D eigenvalue weighted by atomic mass is 10.1. The maximum absolute atomic E-state index is 12.0. The Morgan fingerprint density at radius 2 is 2.23 bits per heavy atom. The normalized spacial score (nSPS) is 16.9. The van der Waals surface area contributed by atoms with Gasteiger partial charge in [0.25, 0.3) is 0 Å². The molecule has 2 aromatic rings. The zero-order chi connectivity index (χ0) is 15.4. The standard InChI is InChI=1S/C17H19N3OS/c1-20-11-10-18-17(20)22-15-8-6-14(7-9-15)19-16(21)12-13-4-2-3-5-13/h2,4,6-11,13H,3,5,12H2,1H3,(H,19,21)/t13-/m1/s1. The molecular weight excluding hydrogens is 294 g/mol. The summed E-state index contributed by atoms with van der Waals surface area (Å²) in [6.45, 7) is 0. The van der Waals surface area contributed by atoms with Crippen molar-refractivity contribution >= 4 is 23.4 Å². The van der Waals surface area contributed by atoms with Gasteiger partial charge in [0.05, 0.1) is 0 Å². The minimum absolute atomic E-state index is 0.0843. The molecule has 3 rings (SSSR count). The number of benzene rings is 1. The Labute approximate surface area is 134 Å². The molecule has 1 amide bonds. The van der Waals surface area contributed by atoms with Crippen LogP contribution in [0.1, 0.15) is 19.3 Å². The van der Waals surface area contributed by atoms with Gasteiger partial charge in [-0.3, -0.25) is 4.79 Å². The van der Waals surface area contributed by atoms with Gasteiger partial charge < -0.3 is 9.88 Å². The summed E-state index contributed by atoms with van der Waals surface area (Å²) in [5.41, 5.74) is 0.844. The highest BCUT2D eigenvalue weighted by Crippen LogP contribution is 2.27. The summed E-state index contributed by atoms with van der Waals surface area (Å²) < 4.78 is 1.98. The molecule has 114 valence electrons. The van der Waals surface area contributed by atoms with E-state index in [-0.39, 0.29) is 5.91 Å². The molecule has 1 atom stereocenters. The maximum Gasteiger partial charge on any atom is 0.224 e. The fraction of sp³-hybridized carbons (Fsp3) is 0.294. The number of nitrogens with zero attached hydrogens (tertiary/aromatic N) is 2. The van der Waals surface area contributed by atoms with Gasteiger partial charge in [-0.15, -0.1) is 0 Å². The molecule has 0 saturated carbocycles. The molecule has 0 saturated heterocycles. The van der Waals surface area contributed by atoms with E-state index in [4.69, 9.17) is 0 Å². The largest absolute Gasteiger partial charge is 0.329 e. The highest BCUT2D eigenvalue weighted by molar-refractivity contribution is 7.99. The average Bonchev–Trinajstić information content (AvgIpc) is 3.14. The van der Waals surface area contributed by atoms with Gasteiger partial charge in [0.15, 0.2) is 5.16 Å². The van der Waals surface area contributed by atoms with E-state index in [1.54, 1.807) is 18.0 Å². The van der Waals surface area contributed by atoms with Crippen molar-refractivity contribution < 1.29 is 4.79 Å². The molecule has 4 nitrogen and oxygen atoms in total. The fourth-order valence-electron chi connectivity index (χ4n) is 2.48. The van der Waals surface area contributed by atoms with Crippen LogP contribution in [0.15, 0.2) is 58.9 Å². The van der Waals surface area contributed by atoms with Gasteiger partial charge >= 0.3 is 0 Å². The lowest BCUT2D eigenvalue weighted by Crippen LogP contribution is -2.14. The molecule has 0 aliphatic heterocycles. The Kier molecular flexibility index (Phi) is 4.63. The van der Waals surface area contributed by atoms with Crippen molar-refractivity contribution in [2.24, 2.45) is 13.0 Å². The van der Waals surface area contributed by atoms with Crippen molar-refractivity contribution in [2.75, 3.05) is 5.32 Å². The third-order valence-corrected chi connectivity index (χ3v) is 4.77. The van der Waals surface area contributed by atoms with Crippen LogP contribution in [0, 0.1) is 5.92 Å². The summed E-state index contributed by atoms with van der Waals surface area (Å²) in [7, 11) is 1.97. The molecule has 5 heteroatoms. The Balaban J connectivity index is 1.56. The van der Waals surface area contributed by atoms with Gasteiger partial charge in [0.2, 0.25) is 5.91 Å². The third kappa shape index (κ3) is 3.80. The number of carbonyl (C=O) groups excluding carboxylic acids is 1. The van der Waals surface area contributed by atoms with Crippen molar-refractivity contribution in [3.8, 4) is 0 Å². The SMILES string of the molecule is Cn1ccnc1Sc1ccc(NC(=O)C[C@@H]2C=CCC2)cc1. The smallest absolute Gasteiger partial charge is 0.224 e. The summed E-state index contributed by atoms with van der Waals surface area (Å²) in [5, 5.41) is 3.91. The first-order valence-electron chi connectivity index (χ1n) is 7.42. The molecule has 22 heavy (non-hydrogen) atoms. The van der Waals surface area contributed by atoms with Gasteiger partial charge in [0, 0.05) is 36.4 Å². The second-order valence-corrected chi connectivity index (χ2v) is 6.51. The Morgan fingerprint density at radius 1 is 1.41 bits per heavy atom. The molecule has 0 fully saturated rings. The number of hydrogen-bond acceptors (Lipinski definition) is 3. The summed E-state index contributed by atoms with van der Waals surface area (Å²) in [6.07, 6.45) is 10.8. The predicted molar refractivity (Wildman–Crippen MR) is 88.9 cm³/mol. The van der Waals surface area contributed by atoms with Crippen molar-refractivity contribution in [3.05, 3.63) is 48.8 Å². The van der Waals surface area contributed by atoms with Crippen LogP contribution in [0.3, 0.4) is 0 Å². The Morgan fingerprint density at radius 3 is 2.86 bits per heavy atom. The van der Waals surface area contributed by atoms with Crippen molar-refractivity contribution in [2.45, 2.75) is 29.3 Å². The first-order valence-corrected chi connectivity index (χ1v) is 8.24. The average molecular weight is 313 g/mol. The van der Waals surface area contributed by atoms with Gasteiger partial charge in [0.1, 0.15) is 0 Å². The summed E-state index contributed by atoms with van der Waals surface area (Å²) >= 11 is 1.60. The monoisotopic (exact) mass is 313 g/mol. The maximum atomic E-state index is 12.0. The highest BCUT2D eigenvalue weighted by atomic mass is 32.2. The van der Waals surface area contributed by atoms with Gasteiger partial charge in [-0.05, 0) is 43.0 Å².